The van der Waals surface area contributed by atoms with Gasteiger partial charge in [0, 0.05) is 48.3 Å². The molecule has 1 aliphatic rings. The third-order valence-corrected chi connectivity index (χ3v) is 6.95. The van der Waals surface area contributed by atoms with Gasteiger partial charge in [0.25, 0.3) is 5.91 Å². The molecular formula is C27H30N4O2S. The number of piperidine rings is 1. The van der Waals surface area contributed by atoms with E-state index in [-0.39, 0.29) is 11.8 Å². The first-order chi connectivity index (χ1) is 16.6. The maximum Gasteiger partial charge on any atom is 0.253 e. The van der Waals surface area contributed by atoms with E-state index in [1.807, 2.05) is 54.6 Å². The summed E-state index contributed by atoms with van der Waals surface area (Å²) in [6, 6.07) is 19.2. The van der Waals surface area contributed by atoms with E-state index < -0.39 is 0 Å². The highest BCUT2D eigenvalue weighted by Crippen LogP contribution is 2.29. The van der Waals surface area contributed by atoms with Gasteiger partial charge in [-0.05, 0) is 60.7 Å². The van der Waals surface area contributed by atoms with Crippen LogP contribution in [0.25, 0.3) is 0 Å². The second-order valence-corrected chi connectivity index (χ2v) is 9.64. The van der Waals surface area contributed by atoms with E-state index in [1.165, 1.54) is 11.8 Å². The van der Waals surface area contributed by atoms with Crippen LogP contribution in [0.2, 0.25) is 0 Å². The zero-order valence-corrected chi connectivity index (χ0v) is 20.2. The van der Waals surface area contributed by atoms with Crippen molar-refractivity contribution in [3.8, 4) is 0 Å². The molecule has 1 aromatic heterocycles. The maximum atomic E-state index is 13.2. The predicted molar refractivity (Wildman–Crippen MR) is 138 cm³/mol. The number of benzene rings is 2. The topological polar surface area (TPSA) is 74.3 Å². The number of carbonyl (C=O) groups is 2. The number of nitrogens with one attached hydrogen (secondary N) is 2. The third kappa shape index (κ3) is 6.60. The number of anilines is 2. The highest BCUT2D eigenvalue weighted by Gasteiger charge is 2.22. The summed E-state index contributed by atoms with van der Waals surface area (Å²) in [5.74, 6) is 0.736. The SMILES string of the molecule is CC1CCN(c2ccc(NC(=O)CSc3ccccc3)cc2C(=O)NCc2cccnc2)CC1. The van der Waals surface area contributed by atoms with Gasteiger partial charge in [-0.2, -0.15) is 0 Å². The molecule has 1 aliphatic heterocycles. The summed E-state index contributed by atoms with van der Waals surface area (Å²) in [6.07, 6.45) is 5.66. The Balaban J connectivity index is 1.48. The minimum atomic E-state index is -0.160. The molecule has 0 bridgehead atoms. The first-order valence-electron chi connectivity index (χ1n) is 11.6. The Bertz CT molecular complexity index is 1100. The predicted octanol–water partition coefficient (Wildman–Crippen LogP) is 4.98. The minimum Gasteiger partial charge on any atom is -0.371 e. The lowest BCUT2D eigenvalue weighted by Crippen LogP contribution is -2.35. The summed E-state index contributed by atoms with van der Waals surface area (Å²) >= 11 is 1.48. The van der Waals surface area contributed by atoms with Crippen LogP contribution in [0.1, 0.15) is 35.7 Å². The molecule has 0 unspecified atom stereocenters. The molecule has 2 aromatic carbocycles. The number of pyridine rings is 1. The second kappa shape index (κ2) is 11.7. The van der Waals surface area contributed by atoms with Gasteiger partial charge < -0.3 is 15.5 Å². The van der Waals surface area contributed by atoms with Crippen molar-refractivity contribution in [2.75, 3.05) is 29.1 Å². The standard InChI is InChI=1S/C27H30N4O2S/c1-20-11-14-31(15-12-20)25-10-9-22(30-26(32)19-34-23-7-3-2-4-8-23)16-24(25)27(33)29-18-21-6-5-13-28-17-21/h2-10,13,16-17,20H,11-12,14-15,18-19H2,1H3,(H,29,33)(H,30,32). The van der Waals surface area contributed by atoms with Crippen LogP contribution in [0.4, 0.5) is 11.4 Å². The number of carbonyl (C=O) groups excluding carboxylic acids is 2. The molecule has 2 amide bonds. The summed E-state index contributed by atoms with van der Waals surface area (Å²) < 4.78 is 0. The number of aromatic nitrogens is 1. The van der Waals surface area contributed by atoms with Crippen molar-refractivity contribution in [3.05, 3.63) is 84.2 Å². The molecule has 2 heterocycles. The van der Waals surface area contributed by atoms with Crippen LogP contribution in [0.5, 0.6) is 0 Å². The van der Waals surface area contributed by atoms with Gasteiger partial charge in [0.05, 0.1) is 11.3 Å². The Kier molecular flexibility index (Phi) is 8.20. The number of amides is 2. The average molecular weight is 475 g/mol. The largest absolute Gasteiger partial charge is 0.371 e. The van der Waals surface area contributed by atoms with Gasteiger partial charge in [-0.1, -0.05) is 31.2 Å². The Morgan fingerprint density at radius 1 is 1.06 bits per heavy atom. The van der Waals surface area contributed by atoms with Crippen molar-refractivity contribution in [1.29, 1.82) is 0 Å². The molecule has 0 spiro atoms. The number of thioether (sulfide) groups is 1. The van der Waals surface area contributed by atoms with Crippen molar-refractivity contribution >= 4 is 35.0 Å². The van der Waals surface area contributed by atoms with Crippen molar-refractivity contribution in [3.63, 3.8) is 0 Å². The summed E-state index contributed by atoms with van der Waals surface area (Å²) in [5.41, 5.74) is 3.05. The van der Waals surface area contributed by atoms with Crippen LogP contribution in [0.3, 0.4) is 0 Å². The monoisotopic (exact) mass is 474 g/mol. The fourth-order valence-electron chi connectivity index (χ4n) is 3.96. The number of nitrogens with zero attached hydrogens (tertiary/aromatic N) is 2. The molecule has 176 valence electrons. The molecule has 1 saturated heterocycles. The van der Waals surface area contributed by atoms with Crippen LogP contribution < -0.4 is 15.5 Å². The molecule has 34 heavy (non-hydrogen) atoms. The van der Waals surface area contributed by atoms with E-state index in [0.29, 0.717) is 29.5 Å². The zero-order chi connectivity index (χ0) is 23.8. The molecular weight excluding hydrogens is 444 g/mol. The van der Waals surface area contributed by atoms with Crippen LogP contribution in [-0.2, 0) is 11.3 Å². The fourth-order valence-corrected chi connectivity index (χ4v) is 4.68. The first kappa shape index (κ1) is 23.8. The first-order valence-corrected chi connectivity index (χ1v) is 12.6. The molecule has 7 heteroatoms. The Morgan fingerprint density at radius 2 is 1.85 bits per heavy atom. The molecule has 0 radical (unpaired) electrons. The van der Waals surface area contributed by atoms with E-state index in [2.05, 4.69) is 27.4 Å². The summed E-state index contributed by atoms with van der Waals surface area (Å²) in [4.78, 5) is 33.2. The lowest BCUT2D eigenvalue weighted by atomic mass is 9.97. The van der Waals surface area contributed by atoms with Crippen molar-refractivity contribution in [2.24, 2.45) is 5.92 Å². The van der Waals surface area contributed by atoms with Gasteiger partial charge >= 0.3 is 0 Å². The fraction of sp³-hybridized carbons (Fsp3) is 0.296. The van der Waals surface area contributed by atoms with Crippen LogP contribution in [0.15, 0.2) is 78.0 Å². The van der Waals surface area contributed by atoms with E-state index in [1.54, 1.807) is 18.5 Å². The summed E-state index contributed by atoms with van der Waals surface area (Å²) in [5, 5.41) is 5.96. The van der Waals surface area contributed by atoms with Crippen molar-refractivity contribution in [2.45, 2.75) is 31.2 Å². The van der Waals surface area contributed by atoms with Crippen LogP contribution in [0, 0.1) is 5.92 Å². The van der Waals surface area contributed by atoms with E-state index >= 15 is 0 Å². The highest BCUT2D eigenvalue weighted by molar-refractivity contribution is 8.00. The molecule has 0 saturated carbocycles. The van der Waals surface area contributed by atoms with E-state index in [9.17, 15) is 9.59 Å². The lowest BCUT2D eigenvalue weighted by Gasteiger charge is -2.33. The number of hydrogen-bond acceptors (Lipinski definition) is 5. The van der Waals surface area contributed by atoms with Crippen molar-refractivity contribution in [1.82, 2.24) is 10.3 Å². The van der Waals surface area contributed by atoms with Crippen LogP contribution in [-0.4, -0.2) is 35.6 Å². The molecule has 0 aliphatic carbocycles. The molecule has 0 atom stereocenters. The zero-order valence-electron chi connectivity index (χ0n) is 19.4. The van der Waals surface area contributed by atoms with Crippen molar-refractivity contribution < 1.29 is 9.59 Å². The van der Waals surface area contributed by atoms with Crippen LogP contribution >= 0.6 is 11.8 Å². The third-order valence-electron chi connectivity index (χ3n) is 5.94. The molecule has 3 aromatic rings. The highest BCUT2D eigenvalue weighted by atomic mass is 32.2. The van der Waals surface area contributed by atoms with Gasteiger partial charge in [-0.3, -0.25) is 14.6 Å². The molecule has 4 rings (SSSR count). The number of rotatable bonds is 8. The lowest BCUT2D eigenvalue weighted by molar-refractivity contribution is -0.113. The van der Waals surface area contributed by atoms with Gasteiger partial charge in [0.15, 0.2) is 0 Å². The normalized spacial score (nSPS) is 14.0. The van der Waals surface area contributed by atoms with E-state index in [4.69, 9.17) is 0 Å². The Labute approximate surface area is 205 Å². The molecule has 1 fully saturated rings. The van der Waals surface area contributed by atoms with Gasteiger partial charge in [0.1, 0.15) is 0 Å². The molecule has 6 nitrogen and oxygen atoms in total. The smallest absolute Gasteiger partial charge is 0.253 e. The quantitative estimate of drug-likeness (QED) is 0.451. The molecule has 2 N–H and O–H groups in total. The summed E-state index contributed by atoms with van der Waals surface area (Å²) in [6.45, 7) is 4.51. The Morgan fingerprint density at radius 3 is 2.59 bits per heavy atom. The summed E-state index contributed by atoms with van der Waals surface area (Å²) in [7, 11) is 0. The van der Waals surface area contributed by atoms with Gasteiger partial charge in [-0.25, -0.2) is 0 Å². The average Bonchev–Trinajstić information content (AvgIpc) is 2.88. The van der Waals surface area contributed by atoms with E-state index in [0.717, 1.165) is 42.1 Å². The number of hydrogen-bond donors (Lipinski definition) is 2. The second-order valence-electron chi connectivity index (χ2n) is 8.60. The minimum absolute atomic E-state index is 0.102. The Hall–Kier alpha value is -3.32. The van der Waals surface area contributed by atoms with Gasteiger partial charge in [0.2, 0.25) is 5.91 Å². The van der Waals surface area contributed by atoms with Gasteiger partial charge in [-0.15, -0.1) is 11.8 Å². The maximum absolute atomic E-state index is 13.2.